The number of anilines is 4. The van der Waals surface area contributed by atoms with Gasteiger partial charge < -0.3 is 49.3 Å². The lowest BCUT2D eigenvalue weighted by Gasteiger charge is -2.46. The van der Waals surface area contributed by atoms with Crippen molar-refractivity contribution in [1.29, 1.82) is 0 Å². The molecule has 129 heavy (non-hydrogen) atoms. The van der Waals surface area contributed by atoms with Crippen LogP contribution in [0.3, 0.4) is 0 Å². The molecular formula is C102H133F3N24. The van der Waals surface area contributed by atoms with Gasteiger partial charge >= 0.3 is 6.18 Å². The van der Waals surface area contributed by atoms with E-state index in [1.807, 2.05) is 60.9 Å². The van der Waals surface area contributed by atoms with E-state index in [-0.39, 0.29) is 23.3 Å². The largest absolute Gasteiger partial charge is 0.418 e. The van der Waals surface area contributed by atoms with Crippen molar-refractivity contribution in [3.63, 3.8) is 0 Å². The van der Waals surface area contributed by atoms with Gasteiger partial charge in [0.25, 0.3) is 0 Å². The number of halogens is 3. The molecule has 0 radical (unpaired) electrons. The molecule has 10 saturated heterocycles. The summed E-state index contributed by atoms with van der Waals surface area (Å²) < 4.78 is 41.0. The number of aryl methyl sites for hydroxylation is 3. The molecule has 18 heterocycles. The van der Waals surface area contributed by atoms with E-state index in [4.69, 9.17) is 34.9 Å². The number of fused-ring (bicyclic) bond motifs is 8. The molecule has 27 heteroatoms. The highest BCUT2D eigenvalue weighted by atomic mass is 19.4. The van der Waals surface area contributed by atoms with Crippen LogP contribution in [0.15, 0.2) is 146 Å². The number of H-pyrrole nitrogens is 4. The topological polar surface area (TPSA) is 205 Å². The van der Waals surface area contributed by atoms with E-state index >= 15 is 0 Å². The molecular weight excluding hydrogens is 1620 g/mol. The summed E-state index contributed by atoms with van der Waals surface area (Å²) in [5, 5.41) is 0. The number of aromatic amines is 4. The summed E-state index contributed by atoms with van der Waals surface area (Å²) in [5.74, 6) is 4.10. The van der Waals surface area contributed by atoms with Crippen molar-refractivity contribution in [3.8, 4) is 0 Å². The lowest BCUT2D eigenvalue weighted by Crippen LogP contribution is -2.57. The van der Waals surface area contributed by atoms with Crippen molar-refractivity contribution in [2.75, 3.05) is 148 Å². The molecule has 4 bridgehead atoms. The molecule has 0 amide bonds. The number of hydrogen-bond acceptors (Lipinski definition) is 20. The highest BCUT2D eigenvalue weighted by molar-refractivity contribution is 5.92. The molecule has 10 aliphatic rings. The molecule has 4 N–H and O–H groups in total. The van der Waals surface area contributed by atoms with E-state index in [0.717, 1.165) is 197 Å². The molecule has 12 atom stereocenters. The van der Waals surface area contributed by atoms with E-state index in [1.54, 1.807) is 0 Å². The molecule has 4 unspecified atom stereocenters. The minimum Gasteiger partial charge on any atom is -0.367 e. The van der Waals surface area contributed by atoms with Crippen molar-refractivity contribution in [3.05, 3.63) is 214 Å². The van der Waals surface area contributed by atoms with Crippen LogP contribution in [-0.2, 0) is 6.18 Å². The monoisotopic (exact) mass is 1750 g/mol. The quantitative estimate of drug-likeness (QED) is 0.0897. The Bertz CT molecular complexity index is 5710. The standard InChI is InChI=1S/2C26H34N6.C26H36N6.C24H29F3N6/c1-17-7-6-14-27-24(17)21-9-5-11-23(31(21)3)26-28-20-8-4-10-22(25(20)29-26)32-15-18-12-13-19(16-32)30(18)2;1-17-7-6-14-27-24(17)21-9-5-11-23(31(21)3)26-28-20-8-4-10-22(25(20)29-26)32-18-12-13-19(32)16-30(2)15-18;1-18-9-8-14-27-23(18)20-11-7-13-22(31(20)5)25-28-19-10-6-12-21(24(19)29-25)32-16-15-30(4)26(2,3)17-32;1-31-12-14-33(15-13-31)19-9-3-7-17-22(19)30-23(29-17)20-10-4-8-18(32(20)2)21-16(24(25,26)27)6-5-11-28-21/h2*4,6-8,10,14,18-19,21,23H,5,9,11-13,15-16H2,1-3H3,(H,28,29);6,8-10,12,14,20,22H,7,11,13,15-17H2,1-5H3,(H,28,29);3,5-7,9,11,18,20H,4,8,10,12-15H2,1-2H3,(H,29,30)/t2*18?,19?,21-,23+;20-,22+;18-,20+/m0000/s1. The van der Waals surface area contributed by atoms with Crippen LogP contribution in [0.5, 0.6) is 0 Å². The number of nitrogens with zero attached hydrogens (tertiary/aromatic N) is 20. The number of para-hydroxylation sites is 4. The van der Waals surface area contributed by atoms with E-state index in [2.05, 4.69) is 242 Å². The number of likely N-dealkylation sites (N-methyl/N-ethyl adjacent to an activating group) is 4. The maximum absolute atomic E-state index is 13.7. The van der Waals surface area contributed by atoms with Crippen LogP contribution in [-0.4, -0.2) is 257 Å². The van der Waals surface area contributed by atoms with Crippen molar-refractivity contribution < 1.29 is 13.2 Å². The summed E-state index contributed by atoms with van der Waals surface area (Å²) in [5.41, 5.74) is 20.8. The average molecular weight is 1750 g/mol. The van der Waals surface area contributed by atoms with Crippen LogP contribution in [0.2, 0.25) is 0 Å². The number of nitrogens with one attached hydrogen (secondary N) is 4. The van der Waals surface area contributed by atoms with Crippen LogP contribution in [0.25, 0.3) is 44.1 Å². The minimum atomic E-state index is -4.42. The van der Waals surface area contributed by atoms with Crippen LogP contribution < -0.4 is 19.6 Å². The number of alkyl halides is 3. The van der Waals surface area contributed by atoms with E-state index in [0.29, 0.717) is 60.8 Å². The Labute approximate surface area is 758 Å². The highest BCUT2D eigenvalue weighted by Gasteiger charge is 2.45. The fourth-order valence-electron chi connectivity index (χ4n) is 23.7. The SMILES string of the molecule is CN1CCN(c2cccc3[nH]c([C@H]4CCC[C@@H](c5ncccc5C(F)(F)F)N4C)nc23)CC1.Cc1cccnc1[C@@H]1CCC[C@H](c2nc3c(N4C5CCC4CN(C)C5)cccc3[nH]2)N1C.Cc1cccnc1[C@@H]1CCC[C@H](c2nc3c(N4CC5CCC(C4)N5C)cccc3[nH]2)N1C.Cc1cccnc1[C@@H]1CCC[C@H](c2nc3c(N4CCN(C)C(C)(C)C4)cccc3[nH]2)N1C. The summed E-state index contributed by atoms with van der Waals surface area (Å²) in [4.78, 5) is 83.1. The first-order valence-corrected chi connectivity index (χ1v) is 47.8. The van der Waals surface area contributed by atoms with Crippen molar-refractivity contribution >= 4 is 66.9 Å². The van der Waals surface area contributed by atoms with Crippen LogP contribution in [0, 0.1) is 20.8 Å². The van der Waals surface area contributed by atoms with Gasteiger partial charge in [0.2, 0.25) is 0 Å². The third-order valence-electron chi connectivity index (χ3n) is 31.2. The van der Waals surface area contributed by atoms with E-state index in [9.17, 15) is 13.2 Å². The normalized spacial score (nSPS) is 26.6. The van der Waals surface area contributed by atoms with Gasteiger partial charge in [0.05, 0.1) is 121 Å². The third-order valence-corrected chi connectivity index (χ3v) is 31.2. The lowest BCUT2D eigenvalue weighted by atomic mass is 9.91. The Morgan fingerprint density at radius 2 is 0.659 bits per heavy atom. The number of rotatable bonds is 12. The molecule has 10 aliphatic heterocycles. The van der Waals surface area contributed by atoms with E-state index in [1.165, 1.54) is 114 Å². The number of pyridine rings is 4. The van der Waals surface area contributed by atoms with E-state index < -0.39 is 17.8 Å². The Hall–Kier alpha value is -9.97. The van der Waals surface area contributed by atoms with Crippen molar-refractivity contribution in [2.45, 2.75) is 222 Å². The first-order valence-electron chi connectivity index (χ1n) is 47.8. The van der Waals surface area contributed by atoms with Crippen LogP contribution in [0.1, 0.15) is 233 Å². The minimum absolute atomic E-state index is 0.0976. The summed E-state index contributed by atoms with van der Waals surface area (Å²) >= 11 is 0. The number of piperazine rings is 4. The maximum Gasteiger partial charge on any atom is 0.418 e. The summed E-state index contributed by atoms with van der Waals surface area (Å²) in [6.07, 6.45) is 20.7. The Balaban J connectivity index is 0.000000112. The van der Waals surface area contributed by atoms with Gasteiger partial charge in [-0.1, -0.05) is 42.5 Å². The second-order valence-electron chi connectivity index (χ2n) is 39.7. The summed E-state index contributed by atoms with van der Waals surface area (Å²) in [7, 11) is 17.5. The summed E-state index contributed by atoms with van der Waals surface area (Å²) in [6.45, 7) is 22.7. The number of hydrogen-bond donors (Lipinski definition) is 4. The molecule has 10 fully saturated rings. The van der Waals surface area contributed by atoms with Crippen LogP contribution >= 0.6 is 0 Å². The predicted molar refractivity (Wildman–Crippen MR) is 511 cm³/mol. The highest BCUT2D eigenvalue weighted by Crippen LogP contribution is 2.49. The third kappa shape index (κ3) is 17.7. The number of aromatic nitrogens is 12. The second kappa shape index (κ2) is 37.0. The number of imidazole rings is 4. The number of likely N-dealkylation sites (tertiary alicyclic amines) is 5. The lowest BCUT2D eigenvalue weighted by molar-refractivity contribution is -0.139. The fourth-order valence-corrected chi connectivity index (χ4v) is 23.7. The van der Waals surface area contributed by atoms with Crippen molar-refractivity contribution in [2.24, 2.45) is 0 Å². The van der Waals surface area contributed by atoms with Crippen LogP contribution in [0.4, 0.5) is 35.9 Å². The zero-order chi connectivity index (χ0) is 89.3. The Kier molecular flexibility index (Phi) is 25.3. The zero-order valence-corrected chi connectivity index (χ0v) is 78.0. The van der Waals surface area contributed by atoms with Gasteiger partial charge in [0.15, 0.2) is 0 Å². The molecule has 12 aromatic rings. The van der Waals surface area contributed by atoms with Gasteiger partial charge in [0, 0.05) is 126 Å². The molecule has 24 nitrogen and oxygen atoms in total. The first-order chi connectivity index (χ1) is 62.4. The Morgan fingerprint density at radius 1 is 0.326 bits per heavy atom. The molecule has 4 aromatic carbocycles. The predicted octanol–water partition coefficient (Wildman–Crippen LogP) is 18.2. The Morgan fingerprint density at radius 3 is 1.05 bits per heavy atom. The average Bonchev–Trinajstić information content (AvgIpc) is 1.53. The first kappa shape index (κ1) is 88.3. The van der Waals surface area contributed by atoms with Gasteiger partial charge in [-0.15, -0.1) is 0 Å². The van der Waals surface area contributed by atoms with Crippen molar-refractivity contribution in [1.82, 2.24) is 99.0 Å². The zero-order valence-electron chi connectivity index (χ0n) is 78.0. The molecule has 0 aliphatic carbocycles. The number of benzene rings is 4. The molecule has 8 aromatic heterocycles. The van der Waals surface area contributed by atoms with Gasteiger partial charge in [0.1, 0.15) is 45.4 Å². The summed E-state index contributed by atoms with van der Waals surface area (Å²) in [6, 6.07) is 45.1. The fraction of sp³-hybridized carbons (Fsp3) is 0.529. The molecule has 0 saturated carbocycles. The number of piperidine rings is 4. The van der Waals surface area contributed by atoms with Gasteiger partial charge in [-0.2, -0.15) is 13.2 Å². The molecule has 22 rings (SSSR count). The second-order valence-corrected chi connectivity index (χ2v) is 39.7. The maximum atomic E-state index is 13.7. The van der Waals surface area contributed by atoms with Gasteiger partial charge in [-0.3, -0.25) is 49.3 Å². The molecule has 0 spiro atoms. The van der Waals surface area contributed by atoms with Gasteiger partial charge in [-0.05, 0) is 289 Å². The smallest absolute Gasteiger partial charge is 0.367 e. The van der Waals surface area contributed by atoms with Gasteiger partial charge in [-0.25, -0.2) is 19.9 Å². The molecule has 682 valence electrons.